The first-order chi connectivity index (χ1) is 8.69. The molecule has 1 rings (SSSR count). The second kappa shape index (κ2) is 6.92. The van der Waals surface area contributed by atoms with E-state index in [-0.39, 0.29) is 6.61 Å². The zero-order chi connectivity index (χ0) is 13.4. The minimum atomic E-state index is -0.806. The van der Waals surface area contributed by atoms with Crippen molar-refractivity contribution in [2.24, 2.45) is 0 Å². The third-order valence-corrected chi connectivity index (χ3v) is 2.10. The first-order valence-electron chi connectivity index (χ1n) is 5.42. The third-order valence-electron chi connectivity index (χ3n) is 2.10. The number of carbonyl (C=O) groups excluding carboxylic acids is 1. The van der Waals surface area contributed by atoms with Crippen LogP contribution < -0.4 is 0 Å². The van der Waals surface area contributed by atoms with Crippen LogP contribution in [0.25, 0.3) is 5.57 Å². The molecule has 0 heterocycles. The molecule has 0 aliphatic carbocycles. The van der Waals surface area contributed by atoms with Crippen LogP contribution in [0.4, 0.5) is 0 Å². The predicted molar refractivity (Wildman–Crippen MR) is 67.4 cm³/mol. The summed E-state index contributed by atoms with van der Waals surface area (Å²) >= 11 is 0. The van der Waals surface area contributed by atoms with Crippen LogP contribution in [-0.4, -0.2) is 17.7 Å². The number of benzene rings is 1. The Bertz CT molecular complexity index is 510. The number of nitriles is 1. The molecule has 0 aliphatic rings. The van der Waals surface area contributed by atoms with Crippen LogP contribution in [0.2, 0.25) is 0 Å². The lowest BCUT2D eigenvalue weighted by Crippen LogP contribution is -2.06. The fourth-order valence-corrected chi connectivity index (χ4v) is 1.25. The maximum absolute atomic E-state index is 11.1. The number of aliphatic hydroxyl groups is 1. The van der Waals surface area contributed by atoms with Gasteiger partial charge in [0, 0.05) is 0 Å². The number of aliphatic hydroxyl groups excluding tert-OH is 1. The summed E-state index contributed by atoms with van der Waals surface area (Å²) < 4.78 is 4.61. The highest BCUT2D eigenvalue weighted by Crippen LogP contribution is 2.13. The maximum atomic E-state index is 11.1. The molecular weight excluding hydrogens is 230 g/mol. The van der Waals surface area contributed by atoms with Crippen molar-refractivity contribution in [2.45, 2.75) is 6.92 Å². The lowest BCUT2D eigenvalue weighted by Gasteiger charge is -1.99. The van der Waals surface area contributed by atoms with Gasteiger partial charge in [-0.1, -0.05) is 30.3 Å². The van der Waals surface area contributed by atoms with Crippen molar-refractivity contribution in [1.29, 1.82) is 5.26 Å². The minimum Gasteiger partial charge on any atom is -0.502 e. The summed E-state index contributed by atoms with van der Waals surface area (Å²) in [6.45, 7) is 1.83. The average molecular weight is 243 g/mol. The largest absolute Gasteiger partial charge is 0.502 e. The first-order valence-corrected chi connectivity index (χ1v) is 5.42. The highest BCUT2D eigenvalue weighted by atomic mass is 16.5. The quantitative estimate of drug-likeness (QED) is 0.290. The van der Waals surface area contributed by atoms with Crippen LogP contribution in [0.15, 0.2) is 48.2 Å². The summed E-state index contributed by atoms with van der Waals surface area (Å²) in [5, 5.41) is 18.4. The van der Waals surface area contributed by atoms with E-state index < -0.39 is 11.7 Å². The smallest absolute Gasteiger partial charge is 0.373 e. The number of esters is 1. The number of rotatable bonds is 4. The second-order valence-electron chi connectivity index (χ2n) is 3.33. The summed E-state index contributed by atoms with van der Waals surface area (Å²) in [6, 6.07) is 11.0. The van der Waals surface area contributed by atoms with Gasteiger partial charge in [0.1, 0.15) is 0 Å². The van der Waals surface area contributed by atoms with Gasteiger partial charge in [-0.05, 0) is 24.6 Å². The molecule has 4 nitrogen and oxygen atoms in total. The van der Waals surface area contributed by atoms with Crippen molar-refractivity contribution in [2.75, 3.05) is 6.61 Å². The lowest BCUT2D eigenvalue weighted by atomic mass is 10.1. The van der Waals surface area contributed by atoms with Crippen molar-refractivity contribution in [3.8, 4) is 6.07 Å². The molecule has 0 unspecified atom stereocenters. The Kier molecular flexibility index (Phi) is 5.20. The second-order valence-corrected chi connectivity index (χ2v) is 3.33. The van der Waals surface area contributed by atoms with Crippen LogP contribution in [0.3, 0.4) is 0 Å². The van der Waals surface area contributed by atoms with Gasteiger partial charge in [0.05, 0.1) is 18.2 Å². The van der Waals surface area contributed by atoms with Gasteiger partial charge in [-0.25, -0.2) is 4.79 Å². The molecule has 0 spiro atoms. The van der Waals surface area contributed by atoms with E-state index in [2.05, 4.69) is 4.74 Å². The van der Waals surface area contributed by atoms with Gasteiger partial charge in [0.25, 0.3) is 0 Å². The van der Waals surface area contributed by atoms with Crippen LogP contribution in [-0.2, 0) is 9.53 Å². The van der Waals surface area contributed by atoms with Crippen molar-refractivity contribution < 1.29 is 14.6 Å². The first kappa shape index (κ1) is 13.5. The molecule has 0 bridgehead atoms. The molecular formula is C14H13NO3. The molecule has 4 heteroatoms. The molecule has 1 N–H and O–H groups in total. The number of hydrogen-bond acceptors (Lipinski definition) is 4. The molecule has 0 saturated heterocycles. The molecule has 0 radical (unpaired) electrons. The summed E-state index contributed by atoms with van der Waals surface area (Å²) in [7, 11) is 0. The number of allylic oxidation sites excluding steroid dienone is 3. The zero-order valence-corrected chi connectivity index (χ0v) is 9.96. The van der Waals surface area contributed by atoms with E-state index in [0.717, 1.165) is 6.08 Å². The average Bonchev–Trinajstić information content (AvgIpc) is 2.40. The van der Waals surface area contributed by atoms with E-state index >= 15 is 0 Å². The van der Waals surface area contributed by atoms with E-state index in [1.165, 1.54) is 6.08 Å². The Morgan fingerprint density at radius 2 is 2.06 bits per heavy atom. The Hall–Kier alpha value is -2.54. The summed E-state index contributed by atoms with van der Waals surface area (Å²) in [5.74, 6) is -1.33. The van der Waals surface area contributed by atoms with E-state index in [9.17, 15) is 9.90 Å². The summed E-state index contributed by atoms with van der Waals surface area (Å²) in [6.07, 6.45) is 2.53. The van der Waals surface area contributed by atoms with Crippen molar-refractivity contribution in [1.82, 2.24) is 0 Å². The van der Waals surface area contributed by atoms with Gasteiger partial charge in [0.2, 0.25) is 5.76 Å². The Balaban J connectivity index is 2.91. The molecule has 0 aromatic heterocycles. The number of ether oxygens (including phenoxy) is 1. The molecule has 0 atom stereocenters. The normalized spacial score (nSPS) is 11.8. The fraction of sp³-hybridized carbons (Fsp3) is 0.143. The minimum absolute atomic E-state index is 0.185. The van der Waals surface area contributed by atoms with E-state index in [0.29, 0.717) is 11.1 Å². The monoisotopic (exact) mass is 243 g/mol. The number of nitrogens with zero attached hydrogens (tertiary/aromatic N) is 1. The van der Waals surface area contributed by atoms with Crippen LogP contribution in [0, 0.1) is 11.3 Å². The van der Waals surface area contributed by atoms with E-state index in [1.54, 1.807) is 31.2 Å². The molecule has 1 aromatic carbocycles. The highest BCUT2D eigenvalue weighted by molar-refractivity contribution is 5.87. The van der Waals surface area contributed by atoms with Crippen LogP contribution in [0.1, 0.15) is 12.5 Å². The Morgan fingerprint density at radius 1 is 1.39 bits per heavy atom. The Morgan fingerprint density at radius 3 is 2.61 bits per heavy atom. The molecule has 0 aliphatic heterocycles. The van der Waals surface area contributed by atoms with Gasteiger partial charge in [-0.2, -0.15) is 5.26 Å². The standard InChI is InChI=1S/C14H13NO3/c1-2-18-14(17)13(16)9-8-12(10-15)11-6-4-3-5-7-11/h3-9,16H,2H2,1H3/b12-8+,13-9-. The van der Waals surface area contributed by atoms with Crippen LogP contribution >= 0.6 is 0 Å². The number of hydrogen-bond donors (Lipinski definition) is 1. The molecule has 92 valence electrons. The van der Waals surface area contributed by atoms with Gasteiger partial charge >= 0.3 is 5.97 Å². The molecule has 0 amide bonds. The highest BCUT2D eigenvalue weighted by Gasteiger charge is 2.06. The molecule has 0 fully saturated rings. The predicted octanol–water partition coefficient (Wildman–Crippen LogP) is 2.60. The molecule has 1 aromatic rings. The third kappa shape index (κ3) is 3.80. The zero-order valence-electron chi connectivity index (χ0n) is 9.96. The van der Waals surface area contributed by atoms with Crippen molar-refractivity contribution >= 4 is 11.5 Å². The van der Waals surface area contributed by atoms with Crippen LogP contribution in [0.5, 0.6) is 0 Å². The van der Waals surface area contributed by atoms with Gasteiger partial charge in [-0.15, -0.1) is 0 Å². The van der Waals surface area contributed by atoms with Gasteiger partial charge in [-0.3, -0.25) is 0 Å². The fourth-order valence-electron chi connectivity index (χ4n) is 1.25. The molecule has 0 saturated carbocycles. The number of carbonyl (C=O) groups is 1. The van der Waals surface area contributed by atoms with E-state index in [1.807, 2.05) is 12.1 Å². The maximum Gasteiger partial charge on any atom is 0.373 e. The molecule has 18 heavy (non-hydrogen) atoms. The Labute approximate surface area is 105 Å². The SMILES string of the molecule is CCOC(=O)/C(O)=C/C=C(\C#N)c1ccccc1. The van der Waals surface area contributed by atoms with Crippen molar-refractivity contribution in [3.63, 3.8) is 0 Å². The summed E-state index contributed by atoms with van der Waals surface area (Å²) in [5.41, 5.74) is 1.07. The van der Waals surface area contributed by atoms with Gasteiger partial charge < -0.3 is 9.84 Å². The van der Waals surface area contributed by atoms with Gasteiger partial charge in [0.15, 0.2) is 0 Å². The lowest BCUT2D eigenvalue weighted by molar-refractivity contribution is -0.141. The van der Waals surface area contributed by atoms with E-state index in [4.69, 9.17) is 5.26 Å². The van der Waals surface area contributed by atoms with Crippen molar-refractivity contribution in [3.05, 3.63) is 53.8 Å². The summed E-state index contributed by atoms with van der Waals surface area (Å²) in [4.78, 5) is 11.1. The topological polar surface area (TPSA) is 70.3 Å².